The molecule has 186 valence electrons. The van der Waals surface area contributed by atoms with Crippen molar-refractivity contribution < 1.29 is 13.2 Å². The fraction of sp³-hybridized carbons (Fsp3) is 0.423. The van der Waals surface area contributed by atoms with E-state index in [9.17, 15) is 18.0 Å². The van der Waals surface area contributed by atoms with E-state index in [4.69, 9.17) is 0 Å². The van der Waals surface area contributed by atoms with Crippen LogP contribution in [-0.4, -0.2) is 53.1 Å². The van der Waals surface area contributed by atoms with Crippen LogP contribution in [0.2, 0.25) is 0 Å². The van der Waals surface area contributed by atoms with Crippen molar-refractivity contribution in [3.05, 3.63) is 70.3 Å². The van der Waals surface area contributed by atoms with Gasteiger partial charge in [0.1, 0.15) is 5.82 Å². The lowest BCUT2D eigenvalue weighted by Gasteiger charge is -2.21. The second-order valence-electron chi connectivity index (χ2n) is 8.90. The molecule has 0 saturated carbocycles. The number of nitrogens with zero attached hydrogens (tertiary/aromatic N) is 3. The van der Waals surface area contributed by atoms with Crippen molar-refractivity contribution in [1.82, 2.24) is 19.2 Å². The number of sulfonamides is 1. The van der Waals surface area contributed by atoms with Crippen LogP contribution in [0.15, 0.2) is 58.2 Å². The van der Waals surface area contributed by atoms with Gasteiger partial charge < -0.3 is 9.88 Å². The Balaban J connectivity index is 1.38. The van der Waals surface area contributed by atoms with Gasteiger partial charge in [0.25, 0.3) is 5.56 Å². The van der Waals surface area contributed by atoms with E-state index >= 15 is 0 Å². The number of carbonyl (C=O) groups excluding carboxylic acids is 1. The first-order chi connectivity index (χ1) is 16.9. The number of para-hydroxylation sites is 1. The molecule has 2 heterocycles. The van der Waals surface area contributed by atoms with Gasteiger partial charge in [-0.2, -0.15) is 4.31 Å². The number of carbonyl (C=O) groups is 1. The number of hydrogen-bond acceptors (Lipinski definition) is 5. The third kappa shape index (κ3) is 5.97. The SMILES string of the molecule is CCN(Cc1nc2ccccc2c(=O)[nH]1)C(=O)CCc1ccc(S(=O)(=O)N2CCCCCC2)cc1. The van der Waals surface area contributed by atoms with E-state index in [0.29, 0.717) is 47.7 Å². The standard InChI is InChI=1S/C26H32N4O4S/c1-2-29(19-24-27-23-10-6-5-9-22(23)26(32)28-24)25(31)16-13-20-11-14-21(15-12-20)35(33,34)30-17-7-3-4-8-18-30/h5-6,9-12,14-15H,2-4,7-8,13,16-19H2,1H3,(H,27,28,32). The first-order valence-electron chi connectivity index (χ1n) is 12.2. The monoisotopic (exact) mass is 496 g/mol. The third-order valence-electron chi connectivity index (χ3n) is 6.49. The molecule has 1 aliphatic heterocycles. The van der Waals surface area contributed by atoms with Crippen molar-refractivity contribution >= 4 is 26.8 Å². The molecule has 0 radical (unpaired) electrons. The van der Waals surface area contributed by atoms with E-state index in [0.717, 1.165) is 31.2 Å². The molecule has 9 heteroatoms. The van der Waals surface area contributed by atoms with E-state index in [1.165, 1.54) is 0 Å². The molecule has 0 aliphatic carbocycles. The normalized spacial score (nSPS) is 15.1. The number of aromatic nitrogens is 2. The number of rotatable bonds is 8. The van der Waals surface area contributed by atoms with Gasteiger partial charge in [0, 0.05) is 26.1 Å². The van der Waals surface area contributed by atoms with Crippen LogP contribution >= 0.6 is 0 Å². The molecule has 3 aromatic rings. The number of hydrogen-bond donors (Lipinski definition) is 1. The van der Waals surface area contributed by atoms with Crippen LogP contribution < -0.4 is 5.56 Å². The molecule has 1 amide bonds. The van der Waals surface area contributed by atoms with Gasteiger partial charge in [-0.05, 0) is 56.0 Å². The molecule has 0 bridgehead atoms. The van der Waals surface area contributed by atoms with Crippen molar-refractivity contribution in [1.29, 1.82) is 0 Å². The summed E-state index contributed by atoms with van der Waals surface area (Å²) >= 11 is 0. The molecule has 8 nitrogen and oxygen atoms in total. The van der Waals surface area contributed by atoms with E-state index in [-0.39, 0.29) is 24.4 Å². The maximum absolute atomic E-state index is 13.0. The van der Waals surface area contributed by atoms with Crippen molar-refractivity contribution in [3.8, 4) is 0 Å². The van der Waals surface area contributed by atoms with Gasteiger partial charge in [-0.3, -0.25) is 9.59 Å². The molecule has 0 unspecified atom stereocenters. The second-order valence-corrected chi connectivity index (χ2v) is 10.8. The van der Waals surface area contributed by atoms with Gasteiger partial charge in [-0.15, -0.1) is 0 Å². The minimum Gasteiger partial charge on any atom is -0.335 e. The lowest BCUT2D eigenvalue weighted by molar-refractivity contribution is -0.131. The Labute approximate surface area is 206 Å². The third-order valence-corrected chi connectivity index (χ3v) is 8.40. The summed E-state index contributed by atoms with van der Waals surface area (Å²) in [6.07, 6.45) is 4.72. The largest absolute Gasteiger partial charge is 0.335 e. The lowest BCUT2D eigenvalue weighted by atomic mass is 10.1. The van der Waals surface area contributed by atoms with Crippen LogP contribution in [0.5, 0.6) is 0 Å². The Morgan fingerprint density at radius 3 is 2.40 bits per heavy atom. The van der Waals surface area contributed by atoms with Crippen LogP contribution in [0, 0.1) is 0 Å². The average Bonchev–Trinajstić information content (AvgIpc) is 3.16. The molecule has 1 aromatic heterocycles. The van der Waals surface area contributed by atoms with Gasteiger partial charge >= 0.3 is 0 Å². The first kappa shape index (κ1) is 25.1. The van der Waals surface area contributed by atoms with Gasteiger partial charge in [-0.1, -0.05) is 37.1 Å². The zero-order chi connectivity index (χ0) is 24.8. The number of aryl methyl sites for hydroxylation is 1. The summed E-state index contributed by atoms with van der Waals surface area (Å²) in [5.74, 6) is 0.400. The van der Waals surface area contributed by atoms with Gasteiger partial charge in [-0.25, -0.2) is 13.4 Å². The second kappa shape index (κ2) is 11.1. The highest BCUT2D eigenvalue weighted by atomic mass is 32.2. The zero-order valence-corrected chi connectivity index (χ0v) is 20.9. The lowest BCUT2D eigenvalue weighted by Crippen LogP contribution is -2.32. The quantitative estimate of drug-likeness (QED) is 0.514. The molecule has 35 heavy (non-hydrogen) atoms. The minimum absolute atomic E-state index is 0.0513. The Bertz CT molecular complexity index is 1330. The van der Waals surface area contributed by atoms with Crippen molar-refractivity contribution in [2.75, 3.05) is 19.6 Å². The molecular weight excluding hydrogens is 464 g/mol. The summed E-state index contributed by atoms with van der Waals surface area (Å²) < 4.78 is 27.5. The molecule has 1 N–H and O–H groups in total. The summed E-state index contributed by atoms with van der Waals surface area (Å²) in [6, 6.07) is 14.0. The number of H-pyrrole nitrogens is 1. The summed E-state index contributed by atoms with van der Waals surface area (Å²) in [5, 5.41) is 0.520. The Morgan fingerprint density at radius 2 is 1.71 bits per heavy atom. The molecule has 1 aliphatic rings. The maximum Gasteiger partial charge on any atom is 0.258 e. The minimum atomic E-state index is -3.48. The number of fused-ring (bicyclic) bond motifs is 1. The van der Waals surface area contributed by atoms with E-state index < -0.39 is 10.0 Å². The van der Waals surface area contributed by atoms with Gasteiger partial charge in [0.05, 0.1) is 22.3 Å². The van der Waals surface area contributed by atoms with E-state index in [1.54, 1.807) is 51.7 Å². The Morgan fingerprint density at radius 1 is 1.03 bits per heavy atom. The average molecular weight is 497 g/mol. The number of nitrogens with one attached hydrogen (secondary N) is 1. The summed E-state index contributed by atoms with van der Waals surface area (Å²) in [7, 11) is -3.48. The van der Waals surface area contributed by atoms with Crippen LogP contribution in [0.3, 0.4) is 0 Å². The fourth-order valence-corrected chi connectivity index (χ4v) is 5.95. The highest BCUT2D eigenvalue weighted by Crippen LogP contribution is 2.21. The Kier molecular flexibility index (Phi) is 7.97. The van der Waals surface area contributed by atoms with E-state index in [2.05, 4.69) is 9.97 Å². The molecule has 0 spiro atoms. The summed E-state index contributed by atoms with van der Waals surface area (Å²) in [5.41, 5.74) is 1.29. The number of aromatic amines is 1. The maximum atomic E-state index is 13.0. The highest BCUT2D eigenvalue weighted by Gasteiger charge is 2.25. The number of benzene rings is 2. The van der Waals surface area contributed by atoms with Crippen molar-refractivity contribution in [3.63, 3.8) is 0 Å². The molecule has 1 saturated heterocycles. The predicted octanol–water partition coefficient (Wildman–Crippen LogP) is 3.47. The van der Waals surface area contributed by atoms with Crippen molar-refractivity contribution in [2.45, 2.75) is 56.9 Å². The van der Waals surface area contributed by atoms with Gasteiger partial charge in [0.15, 0.2) is 0 Å². The van der Waals surface area contributed by atoms with Crippen LogP contribution in [-0.2, 0) is 27.8 Å². The van der Waals surface area contributed by atoms with Crippen molar-refractivity contribution in [2.24, 2.45) is 0 Å². The van der Waals surface area contributed by atoms with Crippen LogP contribution in [0.1, 0.15) is 50.4 Å². The van der Waals surface area contributed by atoms with E-state index in [1.807, 2.05) is 13.0 Å². The van der Waals surface area contributed by atoms with Gasteiger partial charge in [0.2, 0.25) is 15.9 Å². The highest BCUT2D eigenvalue weighted by molar-refractivity contribution is 7.89. The predicted molar refractivity (Wildman–Crippen MR) is 135 cm³/mol. The van der Waals surface area contributed by atoms with Crippen LogP contribution in [0.25, 0.3) is 10.9 Å². The van der Waals surface area contributed by atoms with Crippen LogP contribution in [0.4, 0.5) is 0 Å². The topological polar surface area (TPSA) is 103 Å². The Hall–Kier alpha value is -3.04. The first-order valence-corrected chi connectivity index (χ1v) is 13.7. The molecule has 2 aromatic carbocycles. The molecule has 0 atom stereocenters. The summed E-state index contributed by atoms with van der Waals surface area (Å²) in [4.78, 5) is 34.4. The summed E-state index contributed by atoms with van der Waals surface area (Å²) in [6.45, 7) is 3.75. The number of amides is 1. The molecule has 4 rings (SSSR count). The fourth-order valence-electron chi connectivity index (χ4n) is 4.44. The molecule has 1 fully saturated rings. The molecular formula is C26H32N4O4S. The smallest absolute Gasteiger partial charge is 0.258 e. The zero-order valence-electron chi connectivity index (χ0n) is 20.1.